The lowest BCUT2D eigenvalue weighted by molar-refractivity contribution is 0.0685. The number of allylic oxidation sites excluding steroid dienone is 2. The van der Waals surface area contributed by atoms with Gasteiger partial charge in [-0.3, -0.25) is 0 Å². The van der Waals surface area contributed by atoms with Gasteiger partial charge in [0.15, 0.2) is 11.5 Å². The predicted molar refractivity (Wildman–Crippen MR) is 58.8 cm³/mol. The van der Waals surface area contributed by atoms with Gasteiger partial charge in [-0.15, -0.1) is 0 Å². The summed E-state index contributed by atoms with van der Waals surface area (Å²) in [5.74, 6) is -0.538. The van der Waals surface area contributed by atoms with Crippen molar-refractivity contribution >= 4 is 11.5 Å². The molecule has 1 rings (SSSR count). The fraction of sp³-hybridized carbons (Fsp3) is 0.455. The summed E-state index contributed by atoms with van der Waals surface area (Å²) >= 11 is 0. The maximum absolute atomic E-state index is 10.5. The molecule has 15 heavy (non-hydrogen) atoms. The monoisotopic (exact) mass is 211 g/mol. The summed E-state index contributed by atoms with van der Waals surface area (Å²) < 4.78 is 4.87. The first-order chi connectivity index (χ1) is 7.19. The Hall–Kier alpha value is -1.58. The summed E-state index contributed by atoms with van der Waals surface area (Å²) in [7, 11) is 0. The molecule has 1 heterocycles. The number of aromatic nitrogens is 1. The second kappa shape index (κ2) is 6.81. The molecular formula is C11H17NO3. The summed E-state index contributed by atoms with van der Waals surface area (Å²) in [6.07, 6.45) is 2.68. The van der Waals surface area contributed by atoms with Crippen molar-refractivity contribution in [2.45, 2.75) is 34.1 Å². The van der Waals surface area contributed by atoms with Crippen LogP contribution in [-0.4, -0.2) is 16.2 Å². The van der Waals surface area contributed by atoms with E-state index in [1.807, 2.05) is 33.8 Å². The molecule has 0 atom stereocenters. The molecule has 4 heteroatoms. The van der Waals surface area contributed by atoms with Gasteiger partial charge in [-0.25, -0.2) is 4.79 Å². The van der Waals surface area contributed by atoms with Gasteiger partial charge in [0, 0.05) is 6.07 Å². The van der Waals surface area contributed by atoms with Gasteiger partial charge in [0.25, 0.3) is 0 Å². The highest BCUT2D eigenvalue weighted by molar-refractivity contribution is 5.86. The molecule has 0 aromatic carbocycles. The van der Waals surface area contributed by atoms with Crippen LogP contribution in [-0.2, 0) is 0 Å². The smallest absolute Gasteiger partial charge is 0.358 e. The van der Waals surface area contributed by atoms with Crippen LogP contribution in [0, 0.1) is 0 Å². The molecule has 0 radical (unpaired) electrons. The third-order valence-corrected chi connectivity index (χ3v) is 1.78. The molecular weight excluding hydrogens is 194 g/mol. The zero-order valence-electron chi connectivity index (χ0n) is 9.57. The van der Waals surface area contributed by atoms with Gasteiger partial charge in [0.1, 0.15) is 0 Å². The van der Waals surface area contributed by atoms with Crippen molar-refractivity contribution in [2.24, 2.45) is 0 Å². The predicted octanol–water partition coefficient (Wildman–Crippen LogP) is 3.21. The van der Waals surface area contributed by atoms with E-state index in [4.69, 9.17) is 9.63 Å². The average Bonchev–Trinajstić information content (AvgIpc) is 2.72. The Bertz CT molecular complexity index is 339. The van der Waals surface area contributed by atoms with Crippen LogP contribution in [0.5, 0.6) is 0 Å². The molecule has 1 aromatic rings. The SMILES string of the molecule is C/C=C(\CC)c1cc(C(=O)O)no1.CC. The van der Waals surface area contributed by atoms with Crippen LogP contribution in [0.2, 0.25) is 0 Å². The normalized spacial score (nSPS) is 10.5. The molecule has 0 unspecified atom stereocenters. The van der Waals surface area contributed by atoms with Crippen LogP contribution in [0.4, 0.5) is 0 Å². The molecule has 0 aliphatic rings. The van der Waals surface area contributed by atoms with Crippen molar-refractivity contribution in [3.63, 3.8) is 0 Å². The van der Waals surface area contributed by atoms with E-state index in [1.165, 1.54) is 6.07 Å². The molecule has 0 saturated carbocycles. The van der Waals surface area contributed by atoms with E-state index in [0.717, 1.165) is 12.0 Å². The quantitative estimate of drug-likeness (QED) is 0.833. The van der Waals surface area contributed by atoms with Gasteiger partial charge >= 0.3 is 5.97 Å². The average molecular weight is 211 g/mol. The van der Waals surface area contributed by atoms with Gasteiger partial charge in [-0.2, -0.15) is 0 Å². The molecule has 0 aliphatic carbocycles. The largest absolute Gasteiger partial charge is 0.476 e. The number of aromatic carboxylic acids is 1. The molecule has 0 aliphatic heterocycles. The van der Waals surface area contributed by atoms with Gasteiger partial charge in [-0.1, -0.05) is 32.0 Å². The topological polar surface area (TPSA) is 63.3 Å². The number of hydrogen-bond acceptors (Lipinski definition) is 3. The standard InChI is InChI=1S/C9H11NO3.C2H6/c1-3-6(4-2)8-5-7(9(11)12)10-13-8;1-2/h3,5H,4H2,1-2H3,(H,11,12);1-2H3/b6-3+;. The lowest BCUT2D eigenvalue weighted by atomic mass is 10.1. The first-order valence-corrected chi connectivity index (χ1v) is 5.04. The number of hydrogen-bond donors (Lipinski definition) is 1. The van der Waals surface area contributed by atoms with E-state index < -0.39 is 5.97 Å². The Morgan fingerprint density at radius 2 is 2.20 bits per heavy atom. The van der Waals surface area contributed by atoms with Gasteiger partial charge in [0.05, 0.1) is 0 Å². The Morgan fingerprint density at radius 3 is 2.53 bits per heavy atom. The van der Waals surface area contributed by atoms with Crippen LogP contribution in [0.15, 0.2) is 16.7 Å². The maximum atomic E-state index is 10.5. The molecule has 0 bridgehead atoms. The maximum Gasteiger partial charge on any atom is 0.358 e. The van der Waals surface area contributed by atoms with Gasteiger partial charge in [0.2, 0.25) is 0 Å². The highest BCUT2D eigenvalue weighted by Crippen LogP contribution is 2.18. The first kappa shape index (κ1) is 13.4. The first-order valence-electron chi connectivity index (χ1n) is 5.04. The summed E-state index contributed by atoms with van der Waals surface area (Å²) in [5, 5.41) is 12.0. The molecule has 1 aromatic heterocycles. The van der Waals surface area contributed by atoms with Crippen LogP contribution in [0.1, 0.15) is 50.4 Å². The van der Waals surface area contributed by atoms with Crippen molar-refractivity contribution in [1.29, 1.82) is 0 Å². The van der Waals surface area contributed by atoms with E-state index in [0.29, 0.717) is 5.76 Å². The van der Waals surface area contributed by atoms with Crippen LogP contribution >= 0.6 is 0 Å². The lowest BCUT2D eigenvalue weighted by Gasteiger charge is -1.94. The third kappa shape index (κ3) is 3.58. The summed E-state index contributed by atoms with van der Waals surface area (Å²) in [6, 6.07) is 1.43. The van der Waals surface area contributed by atoms with E-state index in [9.17, 15) is 4.79 Å². The molecule has 0 spiro atoms. The number of nitrogens with zero attached hydrogens (tertiary/aromatic N) is 1. The van der Waals surface area contributed by atoms with Crippen molar-refractivity contribution in [1.82, 2.24) is 5.16 Å². The second-order valence-corrected chi connectivity index (χ2v) is 2.55. The van der Waals surface area contributed by atoms with Crippen molar-refractivity contribution in [2.75, 3.05) is 0 Å². The molecule has 4 nitrogen and oxygen atoms in total. The molecule has 84 valence electrons. The van der Waals surface area contributed by atoms with Gasteiger partial charge in [-0.05, 0) is 18.9 Å². The minimum absolute atomic E-state index is 0.0530. The third-order valence-electron chi connectivity index (χ3n) is 1.78. The zero-order chi connectivity index (χ0) is 11.8. The fourth-order valence-electron chi connectivity index (χ4n) is 1.05. The number of carbonyl (C=O) groups is 1. The molecule has 0 fully saturated rings. The van der Waals surface area contributed by atoms with E-state index >= 15 is 0 Å². The molecule has 0 saturated heterocycles. The van der Waals surface area contributed by atoms with Crippen molar-refractivity contribution in [3.8, 4) is 0 Å². The Balaban J connectivity index is 0.000000921. The Kier molecular flexibility index (Phi) is 6.09. The van der Waals surface area contributed by atoms with E-state index in [2.05, 4.69) is 5.16 Å². The van der Waals surface area contributed by atoms with Crippen LogP contribution in [0.3, 0.4) is 0 Å². The molecule has 0 amide bonds. The highest BCUT2D eigenvalue weighted by atomic mass is 16.5. The van der Waals surface area contributed by atoms with E-state index in [-0.39, 0.29) is 5.69 Å². The summed E-state index contributed by atoms with van der Waals surface area (Å²) in [6.45, 7) is 7.85. The fourth-order valence-corrected chi connectivity index (χ4v) is 1.05. The lowest BCUT2D eigenvalue weighted by Crippen LogP contribution is -1.94. The zero-order valence-corrected chi connectivity index (χ0v) is 9.57. The second-order valence-electron chi connectivity index (χ2n) is 2.55. The van der Waals surface area contributed by atoms with Crippen molar-refractivity contribution < 1.29 is 14.4 Å². The van der Waals surface area contributed by atoms with Crippen molar-refractivity contribution in [3.05, 3.63) is 23.6 Å². The Morgan fingerprint density at radius 1 is 1.60 bits per heavy atom. The molecule has 1 N–H and O–H groups in total. The number of rotatable bonds is 3. The number of carboxylic acids is 1. The number of carboxylic acid groups (broad SMARTS) is 1. The minimum Gasteiger partial charge on any atom is -0.476 e. The van der Waals surface area contributed by atoms with Crippen LogP contribution < -0.4 is 0 Å². The Labute approximate surface area is 89.6 Å². The highest BCUT2D eigenvalue weighted by Gasteiger charge is 2.11. The summed E-state index contributed by atoms with van der Waals surface area (Å²) in [4.78, 5) is 10.5. The van der Waals surface area contributed by atoms with E-state index in [1.54, 1.807) is 0 Å². The van der Waals surface area contributed by atoms with Crippen LogP contribution in [0.25, 0.3) is 5.57 Å². The summed E-state index contributed by atoms with van der Waals surface area (Å²) in [5.41, 5.74) is 0.905. The minimum atomic E-state index is -1.07. The van der Waals surface area contributed by atoms with Gasteiger partial charge < -0.3 is 9.63 Å².